The fourth-order valence-corrected chi connectivity index (χ4v) is 4.35. The van der Waals surface area contributed by atoms with Gasteiger partial charge in [0.25, 0.3) is 0 Å². The number of carboxylic acid groups (broad SMARTS) is 1. The summed E-state index contributed by atoms with van der Waals surface area (Å²) in [5, 5.41) is 14.6. The Labute approximate surface area is 194 Å². The van der Waals surface area contributed by atoms with E-state index in [2.05, 4.69) is 34.9 Å². The smallest absolute Gasteiger partial charge is 0.407 e. The molecule has 176 valence electrons. The molecule has 0 bridgehead atoms. The lowest BCUT2D eigenvalue weighted by atomic mass is 9.98. The summed E-state index contributed by atoms with van der Waals surface area (Å²) in [6, 6.07) is 14.8. The van der Waals surface area contributed by atoms with Crippen molar-refractivity contribution in [3.8, 4) is 11.1 Å². The fraction of sp³-hybridized carbons (Fsp3) is 0.423. The molecule has 1 aliphatic carbocycles. The topological polar surface area (TPSA) is 105 Å². The molecule has 0 saturated heterocycles. The highest BCUT2D eigenvalue weighted by atomic mass is 16.5. The Morgan fingerprint density at radius 1 is 0.970 bits per heavy atom. The number of aliphatic carboxylic acids is 1. The van der Waals surface area contributed by atoms with Gasteiger partial charge in [-0.2, -0.15) is 0 Å². The number of hydrogen-bond donors (Lipinski definition) is 3. The minimum Gasteiger partial charge on any atom is -0.480 e. The van der Waals surface area contributed by atoms with Crippen LogP contribution in [0.5, 0.6) is 0 Å². The van der Waals surface area contributed by atoms with E-state index >= 15 is 0 Å². The van der Waals surface area contributed by atoms with Crippen molar-refractivity contribution in [1.82, 2.24) is 10.6 Å². The van der Waals surface area contributed by atoms with Crippen molar-refractivity contribution in [2.24, 2.45) is 5.92 Å². The van der Waals surface area contributed by atoms with Gasteiger partial charge in [0.1, 0.15) is 12.6 Å². The van der Waals surface area contributed by atoms with Crippen molar-refractivity contribution in [3.05, 3.63) is 59.7 Å². The summed E-state index contributed by atoms with van der Waals surface area (Å²) in [6.45, 7) is 5.62. The first-order chi connectivity index (χ1) is 15.8. The lowest BCUT2D eigenvalue weighted by molar-refractivity contribution is -0.143. The average Bonchev–Trinajstić information content (AvgIpc) is 3.09. The Morgan fingerprint density at radius 2 is 1.55 bits per heavy atom. The van der Waals surface area contributed by atoms with Crippen LogP contribution >= 0.6 is 0 Å². The lowest BCUT2D eigenvalue weighted by Gasteiger charge is -2.22. The van der Waals surface area contributed by atoms with E-state index in [-0.39, 0.29) is 24.9 Å². The Bertz CT molecular complexity index is 958. The quantitative estimate of drug-likeness (QED) is 0.498. The number of alkyl carbamates (subject to hydrolysis) is 1. The van der Waals surface area contributed by atoms with Crippen molar-refractivity contribution in [3.63, 3.8) is 0 Å². The summed E-state index contributed by atoms with van der Waals surface area (Å²) < 4.78 is 5.58. The van der Waals surface area contributed by atoms with Gasteiger partial charge in [0, 0.05) is 18.4 Å². The van der Waals surface area contributed by atoms with Crippen molar-refractivity contribution < 1.29 is 24.2 Å². The molecule has 7 nitrogen and oxygen atoms in total. The molecule has 0 aliphatic heterocycles. The molecule has 2 atom stereocenters. The molecule has 0 aromatic heterocycles. The first-order valence-electron chi connectivity index (χ1n) is 11.5. The van der Waals surface area contributed by atoms with Gasteiger partial charge in [-0.25, -0.2) is 9.59 Å². The normalized spacial score (nSPS) is 14.2. The molecule has 7 heteroatoms. The highest BCUT2D eigenvalue weighted by molar-refractivity contribution is 5.84. The third-order valence-electron chi connectivity index (χ3n) is 5.98. The molecule has 0 unspecified atom stereocenters. The van der Waals surface area contributed by atoms with E-state index in [0.29, 0.717) is 6.42 Å². The molecule has 33 heavy (non-hydrogen) atoms. The van der Waals surface area contributed by atoms with Gasteiger partial charge in [-0.1, -0.05) is 75.7 Å². The molecule has 0 fully saturated rings. The predicted octanol–water partition coefficient (Wildman–Crippen LogP) is 4.31. The number of amides is 2. The standard InChI is InChI=1S/C26H32N2O5/c1-4-9-17(14-23(29)28-24(16(2)3)25(30)31)27-26(32)33-15-22-20-12-7-5-10-18(20)19-11-6-8-13-21(19)22/h5-8,10-13,16-17,22,24H,4,9,14-15H2,1-3H3,(H,27,32)(H,28,29)(H,30,31)/t17-,24+/m1/s1. The van der Waals surface area contributed by atoms with Gasteiger partial charge in [0.15, 0.2) is 0 Å². The maximum atomic E-state index is 12.6. The molecule has 2 amide bonds. The van der Waals surface area contributed by atoms with Gasteiger partial charge < -0.3 is 20.5 Å². The molecular formula is C26H32N2O5. The Hall–Kier alpha value is -3.35. The van der Waals surface area contributed by atoms with E-state index < -0.39 is 30.1 Å². The van der Waals surface area contributed by atoms with Crippen LogP contribution in [0.4, 0.5) is 4.79 Å². The van der Waals surface area contributed by atoms with Crippen LogP contribution < -0.4 is 10.6 Å². The maximum Gasteiger partial charge on any atom is 0.407 e. The largest absolute Gasteiger partial charge is 0.480 e. The van der Waals surface area contributed by atoms with E-state index in [1.54, 1.807) is 13.8 Å². The average molecular weight is 453 g/mol. The summed E-state index contributed by atoms with van der Waals surface area (Å²) in [7, 11) is 0. The van der Waals surface area contributed by atoms with Gasteiger partial charge >= 0.3 is 12.1 Å². The number of hydrogen-bond acceptors (Lipinski definition) is 4. The number of carbonyl (C=O) groups excluding carboxylic acids is 2. The van der Waals surface area contributed by atoms with Crippen molar-refractivity contribution >= 4 is 18.0 Å². The molecule has 2 aromatic carbocycles. The molecule has 0 spiro atoms. The second-order valence-corrected chi connectivity index (χ2v) is 8.79. The summed E-state index contributed by atoms with van der Waals surface area (Å²) in [4.78, 5) is 36.3. The van der Waals surface area contributed by atoms with Gasteiger partial charge in [0.05, 0.1) is 0 Å². The number of ether oxygens (including phenoxy) is 1. The summed E-state index contributed by atoms with van der Waals surface area (Å²) in [6.07, 6.45) is 0.751. The van der Waals surface area contributed by atoms with E-state index in [0.717, 1.165) is 28.7 Å². The maximum absolute atomic E-state index is 12.6. The van der Waals surface area contributed by atoms with Crippen LogP contribution in [0.3, 0.4) is 0 Å². The second-order valence-electron chi connectivity index (χ2n) is 8.79. The van der Waals surface area contributed by atoms with E-state index in [9.17, 15) is 19.5 Å². The molecular weight excluding hydrogens is 420 g/mol. The molecule has 0 radical (unpaired) electrons. The molecule has 0 saturated carbocycles. The summed E-state index contributed by atoms with van der Waals surface area (Å²) in [5.74, 6) is -1.77. The highest BCUT2D eigenvalue weighted by Crippen LogP contribution is 2.44. The van der Waals surface area contributed by atoms with Gasteiger partial charge in [0.2, 0.25) is 5.91 Å². The molecule has 3 rings (SSSR count). The lowest BCUT2D eigenvalue weighted by Crippen LogP contribution is -2.47. The Morgan fingerprint density at radius 3 is 2.06 bits per heavy atom. The summed E-state index contributed by atoms with van der Waals surface area (Å²) in [5.41, 5.74) is 4.57. The third kappa shape index (κ3) is 5.92. The van der Waals surface area contributed by atoms with Crippen LogP contribution in [0.25, 0.3) is 11.1 Å². The third-order valence-corrected chi connectivity index (χ3v) is 5.98. The van der Waals surface area contributed by atoms with Crippen molar-refractivity contribution in [1.29, 1.82) is 0 Å². The Kier molecular flexibility index (Phi) is 8.09. The van der Waals surface area contributed by atoms with E-state index in [4.69, 9.17) is 4.74 Å². The minimum atomic E-state index is -1.07. The van der Waals surface area contributed by atoms with E-state index in [1.165, 1.54) is 0 Å². The predicted molar refractivity (Wildman–Crippen MR) is 126 cm³/mol. The second kappa shape index (κ2) is 11.0. The number of rotatable bonds is 10. The zero-order valence-electron chi connectivity index (χ0n) is 19.3. The first kappa shape index (κ1) is 24.3. The van der Waals surface area contributed by atoms with Crippen LogP contribution in [0.1, 0.15) is 57.1 Å². The Balaban J connectivity index is 1.59. The molecule has 1 aliphatic rings. The molecule has 2 aromatic rings. The van der Waals surface area contributed by atoms with Crippen LogP contribution in [-0.2, 0) is 14.3 Å². The van der Waals surface area contributed by atoms with Crippen molar-refractivity contribution in [2.75, 3.05) is 6.61 Å². The van der Waals surface area contributed by atoms with Gasteiger partial charge in [-0.3, -0.25) is 4.79 Å². The van der Waals surface area contributed by atoms with Crippen molar-refractivity contribution in [2.45, 2.75) is 58.0 Å². The number of carboxylic acids is 1. The van der Waals surface area contributed by atoms with Gasteiger partial charge in [-0.05, 0) is 34.6 Å². The number of nitrogens with one attached hydrogen (secondary N) is 2. The highest BCUT2D eigenvalue weighted by Gasteiger charge is 2.30. The number of fused-ring (bicyclic) bond motifs is 3. The molecule has 3 N–H and O–H groups in total. The van der Waals surface area contributed by atoms with E-state index in [1.807, 2.05) is 31.2 Å². The summed E-state index contributed by atoms with van der Waals surface area (Å²) >= 11 is 0. The van der Waals surface area contributed by atoms with Crippen LogP contribution in [-0.4, -0.2) is 41.8 Å². The first-order valence-corrected chi connectivity index (χ1v) is 11.5. The number of carbonyl (C=O) groups is 3. The monoisotopic (exact) mass is 452 g/mol. The van der Waals surface area contributed by atoms with Crippen LogP contribution in [0.15, 0.2) is 48.5 Å². The zero-order valence-corrected chi connectivity index (χ0v) is 19.3. The SMILES string of the molecule is CCC[C@H](CC(=O)N[C@H](C(=O)O)C(C)C)NC(=O)OCC1c2ccccc2-c2ccccc21. The number of benzene rings is 2. The van der Waals surface area contributed by atoms with Crippen LogP contribution in [0.2, 0.25) is 0 Å². The molecule has 0 heterocycles. The minimum absolute atomic E-state index is 0.00542. The zero-order chi connectivity index (χ0) is 24.0. The van der Waals surface area contributed by atoms with Crippen LogP contribution in [0, 0.1) is 5.92 Å². The van der Waals surface area contributed by atoms with Gasteiger partial charge in [-0.15, -0.1) is 0 Å². The fourth-order valence-electron chi connectivity index (χ4n) is 4.35.